The van der Waals surface area contributed by atoms with Gasteiger partial charge >= 0.3 is 0 Å². The molecule has 0 heterocycles. The zero-order valence-electron chi connectivity index (χ0n) is 13.0. The Morgan fingerprint density at radius 3 is 2.60 bits per heavy atom. The number of aliphatic hydroxyl groups is 1. The quantitative estimate of drug-likeness (QED) is 0.828. The van der Waals surface area contributed by atoms with Gasteiger partial charge in [0.15, 0.2) is 0 Å². The summed E-state index contributed by atoms with van der Waals surface area (Å²) in [7, 11) is 0. The van der Waals surface area contributed by atoms with Crippen molar-refractivity contribution in [3.05, 3.63) is 35.4 Å². The van der Waals surface area contributed by atoms with E-state index in [1.807, 2.05) is 0 Å². The lowest BCUT2D eigenvalue weighted by atomic mass is 9.77. The highest BCUT2D eigenvalue weighted by Gasteiger charge is 2.34. The SMILES string of the molecule is CCCNC1CCC(O)(c2cccc(CCC)c2)CC1. The molecule has 0 radical (unpaired) electrons. The van der Waals surface area contributed by atoms with Gasteiger partial charge in [-0.3, -0.25) is 0 Å². The number of hydrogen-bond donors (Lipinski definition) is 2. The van der Waals surface area contributed by atoms with Crippen molar-refractivity contribution in [2.24, 2.45) is 0 Å². The first-order valence-electron chi connectivity index (χ1n) is 8.23. The summed E-state index contributed by atoms with van der Waals surface area (Å²) >= 11 is 0. The number of aryl methyl sites for hydroxylation is 1. The van der Waals surface area contributed by atoms with Gasteiger partial charge in [0.25, 0.3) is 0 Å². The highest BCUT2D eigenvalue weighted by atomic mass is 16.3. The zero-order chi connectivity index (χ0) is 14.4. The largest absolute Gasteiger partial charge is 0.385 e. The predicted octanol–water partition coefficient (Wildman–Crippen LogP) is 3.77. The summed E-state index contributed by atoms with van der Waals surface area (Å²) in [5.41, 5.74) is 1.87. The van der Waals surface area contributed by atoms with Crippen LogP contribution in [0.1, 0.15) is 63.5 Å². The van der Waals surface area contributed by atoms with Crippen LogP contribution in [0.5, 0.6) is 0 Å². The van der Waals surface area contributed by atoms with Crippen LogP contribution in [0.25, 0.3) is 0 Å². The van der Waals surface area contributed by atoms with Crippen LogP contribution in [0.4, 0.5) is 0 Å². The van der Waals surface area contributed by atoms with Crippen LogP contribution in [0.15, 0.2) is 24.3 Å². The Labute approximate surface area is 123 Å². The Kier molecular flexibility index (Phi) is 5.62. The van der Waals surface area contributed by atoms with E-state index in [0.29, 0.717) is 6.04 Å². The molecule has 2 heteroatoms. The second-order valence-corrected chi connectivity index (χ2v) is 6.21. The molecule has 0 aromatic heterocycles. The maximum absolute atomic E-state index is 11.0. The minimum Gasteiger partial charge on any atom is -0.385 e. The van der Waals surface area contributed by atoms with E-state index in [2.05, 4.69) is 43.4 Å². The van der Waals surface area contributed by atoms with E-state index >= 15 is 0 Å². The number of benzene rings is 1. The Morgan fingerprint density at radius 1 is 1.20 bits per heavy atom. The van der Waals surface area contributed by atoms with Crippen LogP contribution < -0.4 is 5.32 Å². The Balaban J connectivity index is 2.00. The van der Waals surface area contributed by atoms with Crippen LogP contribution >= 0.6 is 0 Å². The molecular formula is C18H29NO. The van der Waals surface area contributed by atoms with Gasteiger partial charge < -0.3 is 10.4 Å². The molecule has 1 aromatic carbocycles. The molecule has 1 aliphatic rings. The van der Waals surface area contributed by atoms with Crippen molar-refractivity contribution < 1.29 is 5.11 Å². The minimum atomic E-state index is -0.603. The molecule has 2 nitrogen and oxygen atoms in total. The molecule has 1 aromatic rings. The van der Waals surface area contributed by atoms with Crippen LogP contribution in [-0.4, -0.2) is 17.7 Å². The molecule has 2 rings (SSSR count). The molecule has 1 saturated carbocycles. The first-order valence-corrected chi connectivity index (χ1v) is 8.23. The molecule has 0 atom stereocenters. The number of rotatable bonds is 6. The summed E-state index contributed by atoms with van der Waals surface area (Å²) in [6.07, 6.45) is 7.35. The molecule has 0 unspecified atom stereocenters. The summed E-state index contributed by atoms with van der Waals surface area (Å²) in [5.74, 6) is 0. The molecule has 1 aliphatic carbocycles. The summed E-state index contributed by atoms with van der Waals surface area (Å²) in [6.45, 7) is 5.49. The third-order valence-electron chi connectivity index (χ3n) is 4.50. The Hall–Kier alpha value is -0.860. The van der Waals surface area contributed by atoms with Crippen LogP contribution in [0, 0.1) is 0 Å². The van der Waals surface area contributed by atoms with Crippen LogP contribution in [0.3, 0.4) is 0 Å². The maximum Gasteiger partial charge on any atom is 0.0897 e. The van der Waals surface area contributed by atoms with Crippen molar-refractivity contribution in [2.75, 3.05) is 6.54 Å². The summed E-state index contributed by atoms with van der Waals surface area (Å²) in [6, 6.07) is 9.17. The average molecular weight is 275 g/mol. The molecule has 2 N–H and O–H groups in total. The molecule has 0 saturated heterocycles. The minimum absolute atomic E-state index is 0.592. The van der Waals surface area contributed by atoms with Gasteiger partial charge in [0.2, 0.25) is 0 Å². The van der Waals surface area contributed by atoms with E-state index in [0.717, 1.165) is 50.6 Å². The average Bonchev–Trinajstić information content (AvgIpc) is 2.47. The van der Waals surface area contributed by atoms with Crippen molar-refractivity contribution in [3.8, 4) is 0 Å². The molecule has 20 heavy (non-hydrogen) atoms. The third-order valence-corrected chi connectivity index (χ3v) is 4.50. The molecular weight excluding hydrogens is 246 g/mol. The van der Waals surface area contributed by atoms with Crippen molar-refractivity contribution in [1.82, 2.24) is 5.32 Å². The van der Waals surface area contributed by atoms with Gasteiger partial charge in [-0.1, -0.05) is 44.5 Å². The van der Waals surface area contributed by atoms with Gasteiger partial charge in [-0.2, -0.15) is 0 Å². The Bertz CT molecular complexity index is 408. The monoisotopic (exact) mass is 275 g/mol. The first kappa shape index (κ1) is 15.5. The van der Waals surface area contributed by atoms with Crippen LogP contribution in [-0.2, 0) is 12.0 Å². The topological polar surface area (TPSA) is 32.3 Å². The second-order valence-electron chi connectivity index (χ2n) is 6.21. The molecule has 112 valence electrons. The molecule has 0 spiro atoms. The summed E-state index contributed by atoms with van der Waals surface area (Å²) in [5, 5.41) is 14.5. The fraction of sp³-hybridized carbons (Fsp3) is 0.667. The second kappa shape index (κ2) is 7.24. The molecule has 0 bridgehead atoms. The summed E-state index contributed by atoms with van der Waals surface area (Å²) in [4.78, 5) is 0. The normalized spacial score (nSPS) is 26.6. The van der Waals surface area contributed by atoms with Gasteiger partial charge in [-0.05, 0) is 56.2 Å². The predicted molar refractivity (Wildman–Crippen MR) is 84.9 cm³/mol. The lowest BCUT2D eigenvalue weighted by molar-refractivity contribution is -0.00832. The fourth-order valence-corrected chi connectivity index (χ4v) is 3.24. The van der Waals surface area contributed by atoms with Gasteiger partial charge in [0, 0.05) is 6.04 Å². The molecule has 1 fully saturated rings. The Morgan fingerprint density at radius 2 is 1.95 bits per heavy atom. The van der Waals surface area contributed by atoms with Crippen molar-refractivity contribution in [3.63, 3.8) is 0 Å². The third kappa shape index (κ3) is 3.83. The van der Waals surface area contributed by atoms with Gasteiger partial charge in [-0.15, -0.1) is 0 Å². The van der Waals surface area contributed by atoms with Gasteiger partial charge in [0.1, 0.15) is 0 Å². The number of nitrogens with one attached hydrogen (secondary N) is 1. The smallest absolute Gasteiger partial charge is 0.0897 e. The van der Waals surface area contributed by atoms with E-state index in [-0.39, 0.29) is 0 Å². The zero-order valence-corrected chi connectivity index (χ0v) is 13.0. The molecule has 0 amide bonds. The highest BCUT2D eigenvalue weighted by molar-refractivity contribution is 5.29. The molecule has 0 aliphatic heterocycles. The summed E-state index contributed by atoms with van der Waals surface area (Å²) < 4.78 is 0. The fourth-order valence-electron chi connectivity index (χ4n) is 3.24. The number of hydrogen-bond acceptors (Lipinski definition) is 2. The van der Waals surface area contributed by atoms with E-state index < -0.39 is 5.60 Å². The van der Waals surface area contributed by atoms with Crippen molar-refractivity contribution in [1.29, 1.82) is 0 Å². The van der Waals surface area contributed by atoms with E-state index in [1.54, 1.807) is 0 Å². The van der Waals surface area contributed by atoms with E-state index in [9.17, 15) is 5.11 Å². The van der Waals surface area contributed by atoms with Gasteiger partial charge in [-0.25, -0.2) is 0 Å². The lowest BCUT2D eigenvalue weighted by Gasteiger charge is -2.37. The standard InChI is InChI=1S/C18H29NO/c1-3-6-15-7-5-8-16(14-15)18(20)11-9-17(10-12-18)19-13-4-2/h5,7-8,14,17,19-20H,3-4,6,9-13H2,1-2H3. The van der Waals surface area contributed by atoms with E-state index in [1.165, 1.54) is 12.0 Å². The lowest BCUT2D eigenvalue weighted by Crippen LogP contribution is -2.40. The first-order chi connectivity index (χ1) is 9.68. The van der Waals surface area contributed by atoms with Crippen molar-refractivity contribution in [2.45, 2.75) is 70.4 Å². The maximum atomic E-state index is 11.0. The van der Waals surface area contributed by atoms with Gasteiger partial charge in [0.05, 0.1) is 5.60 Å². The van der Waals surface area contributed by atoms with Crippen molar-refractivity contribution >= 4 is 0 Å². The van der Waals surface area contributed by atoms with E-state index in [4.69, 9.17) is 0 Å². The highest BCUT2D eigenvalue weighted by Crippen LogP contribution is 2.37. The van der Waals surface area contributed by atoms with Crippen LogP contribution in [0.2, 0.25) is 0 Å².